The SMILES string of the molecule is CN(C)CCCN1C(=S)NC(c2ccccn2)C1c1cccn1Cc1ccco1. The molecule has 1 aliphatic rings. The number of hydrogen-bond donors (Lipinski definition) is 1. The summed E-state index contributed by atoms with van der Waals surface area (Å²) >= 11 is 5.75. The fraction of sp³-hybridized carbons (Fsp3) is 0.364. The molecule has 7 heteroatoms. The highest BCUT2D eigenvalue weighted by Gasteiger charge is 2.40. The van der Waals surface area contributed by atoms with Crippen LogP contribution in [-0.4, -0.2) is 51.6 Å². The lowest BCUT2D eigenvalue weighted by atomic mass is 10.0. The maximum atomic E-state index is 5.75. The lowest BCUT2D eigenvalue weighted by Crippen LogP contribution is -2.33. The predicted molar refractivity (Wildman–Crippen MR) is 118 cm³/mol. The van der Waals surface area contributed by atoms with Gasteiger partial charge in [-0.25, -0.2) is 0 Å². The number of pyridine rings is 1. The molecule has 0 aromatic carbocycles. The topological polar surface area (TPSA) is 49.5 Å². The molecule has 6 nitrogen and oxygen atoms in total. The summed E-state index contributed by atoms with van der Waals surface area (Å²) in [5.41, 5.74) is 2.20. The lowest BCUT2D eigenvalue weighted by Gasteiger charge is -2.29. The molecule has 1 N–H and O–H groups in total. The molecule has 0 bridgehead atoms. The second-order valence-corrected chi connectivity index (χ2v) is 8.00. The van der Waals surface area contributed by atoms with Gasteiger partial charge in [0.25, 0.3) is 0 Å². The Kier molecular flexibility index (Phi) is 5.97. The molecule has 4 rings (SSSR count). The van der Waals surface area contributed by atoms with Crippen LogP contribution in [0.3, 0.4) is 0 Å². The lowest BCUT2D eigenvalue weighted by molar-refractivity contribution is 0.282. The summed E-state index contributed by atoms with van der Waals surface area (Å²) < 4.78 is 7.83. The van der Waals surface area contributed by atoms with Crippen molar-refractivity contribution >= 4 is 17.3 Å². The zero-order valence-corrected chi connectivity index (χ0v) is 17.7. The summed E-state index contributed by atoms with van der Waals surface area (Å²) in [6, 6.07) is 14.3. The van der Waals surface area contributed by atoms with Crippen molar-refractivity contribution in [3.63, 3.8) is 0 Å². The van der Waals surface area contributed by atoms with Crippen LogP contribution in [0, 0.1) is 0 Å². The number of rotatable bonds is 8. The maximum Gasteiger partial charge on any atom is 0.170 e. The van der Waals surface area contributed by atoms with E-state index < -0.39 is 0 Å². The number of hydrogen-bond acceptors (Lipinski definition) is 4. The highest BCUT2D eigenvalue weighted by Crippen LogP contribution is 2.38. The van der Waals surface area contributed by atoms with Crippen molar-refractivity contribution in [3.05, 3.63) is 78.3 Å². The van der Waals surface area contributed by atoms with Crippen molar-refractivity contribution in [3.8, 4) is 0 Å². The summed E-state index contributed by atoms with van der Waals surface area (Å²) in [7, 11) is 4.20. The highest BCUT2D eigenvalue weighted by atomic mass is 32.1. The summed E-state index contributed by atoms with van der Waals surface area (Å²) in [6.07, 6.45) is 6.70. The van der Waals surface area contributed by atoms with E-state index >= 15 is 0 Å². The Bertz CT molecular complexity index is 922. The first kappa shape index (κ1) is 19.7. The van der Waals surface area contributed by atoms with E-state index in [0.717, 1.165) is 36.1 Å². The van der Waals surface area contributed by atoms with Crippen LogP contribution in [0.15, 0.2) is 65.5 Å². The van der Waals surface area contributed by atoms with Gasteiger partial charge in [-0.05, 0) is 75.7 Å². The standard InChI is InChI=1S/C22H27N5OS/c1-25(2)12-7-14-27-21(20(24-22(27)29)18-9-3-4-11-23-18)19-10-5-13-26(19)16-17-8-6-15-28-17/h3-6,8-11,13,15,20-21H,7,12,14,16H2,1-2H3,(H,24,29). The van der Waals surface area contributed by atoms with Crippen LogP contribution >= 0.6 is 12.2 Å². The molecular formula is C22H27N5OS. The Hall–Kier alpha value is -2.64. The highest BCUT2D eigenvalue weighted by molar-refractivity contribution is 7.80. The van der Waals surface area contributed by atoms with Gasteiger partial charge in [-0.2, -0.15) is 0 Å². The van der Waals surface area contributed by atoms with Crippen LogP contribution in [0.1, 0.15) is 35.7 Å². The van der Waals surface area contributed by atoms with Crippen LogP contribution in [-0.2, 0) is 6.54 Å². The van der Waals surface area contributed by atoms with Gasteiger partial charge in [0.2, 0.25) is 0 Å². The molecule has 1 saturated heterocycles. The number of aromatic nitrogens is 2. The molecule has 3 aromatic rings. The Labute approximate surface area is 177 Å². The largest absolute Gasteiger partial charge is 0.467 e. The predicted octanol–water partition coefficient (Wildman–Crippen LogP) is 3.45. The Morgan fingerprint density at radius 2 is 2.07 bits per heavy atom. The van der Waals surface area contributed by atoms with Gasteiger partial charge in [0.15, 0.2) is 5.11 Å². The van der Waals surface area contributed by atoms with E-state index in [2.05, 4.69) is 63.2 Å². The molecule has 152 valence electrons. The van der Waals surface area contributed by atoms with Gasteiger partial charge in [-0.1, -0.05) is 6.07 Å². The van der Waals surface area contributed by atoms with Gasteiger partial charge in [0.1, 0.15) is 5.76 Å². The molecule has 2 atom stereocenters. The fourth-order valence-electron chi connectivity index (χ4n) is 3.94. The Morgan fingerprint density at radius 3 is 2.79 bits per heavy atom. The number of nitrogens with zero attached hydrogens (tertiary/aromatic N) is 4. The van der Waals surface area contributed by atoms with Crippen molar-refractivity contribution < 1.29 is 4.42 Å². The zero-order valence-electron chi connectivity index (χ0n) is 16.9. The average molecular weight is 410 g/mol. The molecule has 4 heterocycles. The molecule has 0 saturated carbocycles. The average Bonchev–Trinajstić information content (AvgIpc) is 3.44. The van der Waals surface area contributed by atoms with Crippen LogP contribution in [0.2, 0.25) is 0 Å². The minimum absolute atomic E-state index is 0.00769. The van der Waals surface area contributed by atoms with Gasteiger partial charge in [0.05, 0.1) is 30.6 Å². The monoisotopic (exact) mass is 409 g/mol. The first-order valence-electron chi connectivity index (χ1n) is 9.93. The number of furan rings is 1. The van der Waals surface area contributed by atoms with Crippen molar-refractivity contribution in [1.82, 2.24) is 24.7 Å². The molecule has 0 aliphatic carbocycles. The van der Waals surface area contributed by atoms with Gasteiger partial charge in [-0.15, -0.1) is 0 Å². The van der Waals surface area contributed by atoms with Crippen molar-refractivity contribution in [1.29, 1.82) is 0 Å². The number of thiocarbonyl (C=S) groups is 1. The minimum atomic E-state index is 0.00769. The smallest absolute Gasteiger partial charge is 0.170 e. The molecule has 1 fully saturated rings. The maximum absolute atomic E-state index is 5.75. The van der Waals surface area contributed by atoms with E-state index in [1.54, 1.807) is 6.26 Å². The molecule has 0 radical (unpaired) electrons. The van der Waals surface area contributed by atoms with Crippen LogP contribution < -0.4 is 5.32 Å². The van der Waals surface area contributed by atoms with E-state index in [0.29, 0.717) is 6.54 Å². The van der Waals surface area contributed by atoms with Crippen LogP contribution in [0.5, 0.6) is 0 Å². The molecule has 0 amide bonds. The second kappa shape index (κ2) is 8.80. The molecular weight excluding hydrogens is 382 g/mol. The van der Waals surface area contributed by atoms with Crippen LogP contribution in [0.4, 0.5) is 0 Å². The minimum Gasteiger partial charge on any atom is -0.467 e. The Morgan fingerprint density at radius 1 is 1.17 bits per heavy atom. The summed E-state index contributed by atoms with van der Waals surface area (Å²) in [4.78, 5) is 9.14. The third kappa shape index (κ3) is 4.36. The van der Waals surface area contributed by atoms with E-state index in [1.165, 1.54) is 5.69 Å². The quantitative estimate of drug-likeness (QED) is 0.575. The third-order valence-electron chi connectivity index (χ3n) is 5.28. The molecule has 2 unspecified atom stereocenters. The van der Waals surface area contributed by atoms with Gasteiger partial charge < -0.3 is 24.1 Å². The molecule has 3 aromatic heterocycles. The summed E-state index contributed by atoms with van der Waals surface area (Å²) in [6.45, 7) is 2.61. The molecule has 29 heavy (non-hydrogen) atoms. The van der Waals surface area contributed by atoms with E-state index in [1.807, 2.05) is 30.5 Å². The fourth-order valence-corrected chi connectivity index (χ4v) is 4.27. The van der Waals surface area contributed by atoms with E-state index in [4.69, 9.17) is 16.6 Å². The van der Waals surface area contributed by atoms with Gasteiger partial charge >= 0.3 is 0 Å². The Balaban J connectivity index is 1.66. The van der Waals surface area contributed by atoms with Crippen molar-refractivity contribution in [2.45, 2.75) is 25.0 Å². The third-order valence-corrected chi connectivity index (χ3v) is 5.63. The molecule has 1 aliphatic heterocycles. The van der Waals surface area contributed by atoms with Gasteiger partial charge in [0, 0.05) is 24.6 Å². The van der Waals surface area contributed by atoms with E-state index in [-0.39, 0.29) is 12.1 Å². The first-order valence-corrected chi connectivity index (χ1v) is 10.3. The summed E-state index contributed by atoms with van der Waals surface area (Å²) in [5, 5.41) is 4.31. The van der Waals surface area contributed by atoms with Gasteiger partial charge in [-0.3, -0.25) is 4.98 Å². The van der Waals surface area contributed by atoms with E-state index in [9.17, 15) is 0 Å². The summed E-state index contributed by atoms with van der Waals surface area (Å²) in [5.74, 6) is 0.935. The molecule has 0 spiro atoms. The van der Waals surface area contributed by atoms with Crippen molar-refractivity contribution in [2.24, 2.45) is 0 Å². The number of nitrogens with one attached hydrogen (secondary N) is 1. The first-order chi connectivity index (χ1) is 14.1. The van der Waals surface area contributed by atoms with Crippen LogP contribution in [0.25, 0.3) is 0 Å². The second-order valence-electron chi connectivity index (χ2n) is 7.62. The normalized spacial score (nSPS) is 19.1. The zero-order chi connectivity index (χ0) is 20.2. The van der Waals surface area contributed by atoms with Crippen molar-refractivity contribution in [2.75, 3.05) is 27.2 Å².